The van der Waals surface area contributed by atoms with Crippen molar-refractivity contribution >= 4 is 5.97 Å². The van der Waals surface area contributed by atoms with Gasteiger partial charge >= 0.3 is 5.97 Å². The van der Waals surface area contributed by atoms with Gasteiger partial charge in [0.2, 0.25) is 0 Å². The molecule has 0 aromatic carbocycles. The summed E-state index contributed by atoms with van der Waals surface area (Å²) >= 11 is 0. The Morgan fingerprint density at radius 1 is 1.30 bits per heavy atom. The third-order valence-electron chi connectivity index (χ3n) is 6.39. The van der Waals surface area contributed by atoms with Gasteiger partial charge in [-0.3, -0.25) is 0 Å². The Morgan fingerprint density at radius 3 is 2.80 bits per heavy atom. The maximum Gasteiger partial charge on any atom is 0.334 e. The highest BCUT2D eigenvalue weighted by Gasteiger charge is 2.92. The standard InChI is InChI=1S/C15H18O5/c1-6-7-4-5-13(2,17)15-9(8(7)18-12(6)16)14(3)10(19-14)11(15)20-15/h7-11,17H,1,4-5H2,2-3H3/t7-,8+,9-,10+,11-,13+,14-,15+/m0/s1. The molecule has 5 fully saturated rings. The zero-order valence-electron chi connectivity index (χ0n) is 11.6. The molecule has 0 radical (unpaired) electrons. The molecule has 3 saturated heterocycles. The van der Waals surface area contributed by atoms with Crippen molar-refractivity contribution in [2.45, 2.75) is 61.8 Å². The Bertz CT molecular complexity index is 569. The summed E-state index contributed by atoms with van der Waals surface area (Å²) in [5.74, 6) is -0.430. The van der Waals surface area contributed by atoms with Crippen LogP contribution >= 0.6 is 0 Å². The highest BCUT2D eigenvalue weighted by atomic mass is 16.7. The quantitative estimate of drug-likeness (QED) is 0.398. The van der Waals surface area contributed by atoms with Gasteiger partial charge in [-0.15, -0.1) is 0 Å². The molecule has 1 spiro atoms. The van der Waals surface area contributed by atoms with Gasteiger partial charge in [-0.25, -0.2) is 4.79 Å². The lowest BCUT2D eigenvalue weighted by Gasteiger charge is -2.36. The van der Waals surface area contributed by atoms with Crippen LogP contribution in [0.5, 0.6) is 0 Å². The van der Waals surface area contributed by atoms with Gasteiger partial charge in [0.1, 0.15) is 29.5 Å². The predicted molar refractivity (Wildman–Crippen MR) is 66.7 cm³/mol. The number of aliphatic hydroxyl groups is 1. The largest absolute Gasteiger partial charge is 0.458 e. The number of carbonyl (C=O) groups excluding carboxylic acids is 1. The maximum absolute atomic E-state index is 11.9. The van der Waals surface area contributed by atoms with E-state index < -0.39 is 11.2 Å². The Morgan fingerprint density at radius 2 is 2.05 bits per heavy atom. The van der Waals surface area contributed by atoms with E-state index in [2.05, 4.69) is 6.58 Å². The SMILES string of the molecule is C=C1C(=O)O[C@@H]2[C@H]1CC[C@@](C)(O)[C@]13O[C@H]1[C@H]1O[C@@]1(C)[C@H]23. The van der Waals surface area contributed by atoms with Crippen LogP contribution in [-0.4, -0.2) is 46.2 Å². The van der Waals surface area contributed by atoms with Gasteiger partial charge in [-0.1, -0.05) is 6.58 Å². The number of esters is 1. The summed E-state index contributed by atoms with van der Waals surface area (Å²) in [6, 6.07) is 0. The van der Waals surface area contributed by atoms with E-state index in [-0.39, 0.29) is 41.7 Å². The van der Waals surface area contributed by atoms with E-state index in [1.165, 1.54) is 0 Å². The first-order chi connectivity index (χ1) is 9.33. The number of fused-ring (bicyclic) bond motifs is 5. The summed E-state index contributed by atoms with van der Waals surface area (Å²) in [7, 11) is 0. The first-order valence-electron chi connectivity index (χ1n) is 7.31. The van der Waals surface area contributed by atoms with Crippen molar-refractivity contribution in [1.82, 2.24) is 0 Å². The van der Waals surface area contributed by atoms with Gasteiger partial charge in [-0.05, 0) is 26.7 Å². The fraction of sp³-hybridized carbons (Fsp3) is 0.800. The molecular formula is C15H18O5. The number of hydrogen-bond donors (Lipinski definition) is 1. The monoisotopic (exact) mass is 278 g/mol. The summed E-state index contributed by atoms with van der Waals surface area (Å²) in [6.45, 7) is 7.78. The molecule has 108 valence electrons. The molecule has 1 N–H and O–H groups in total. The minimum Gasteiger partial charge on any atom is -0.458 e. The van der Waals surface area contributed by atoms with Crippen molar-refractivity contribution in [2.75, 3.05) is 0 Å². The van der Waals surface area contributed by atoms with E-state index in [0.29, 0.717) is 18.4 Å². The Hall–Kier alpha value is -0.910. The van der Waals surface area contributed by atoms with E-state index in [4.69, 9.17) is 14.2 Å². The maximum atomic E-state index is 11.9. The van der Waals surface area contributed by atoms with Crippen molar-refractivity contribution in [1.29, 1.82) is 0 Å². The molecule has 0 aromatic rings. The molecule has 0 aromatic heterocycles. The van der Waals surface area contributed by atoms with Crippen LogP contribution < -0.4 is 0 Å². The summed E-state index contributed by atoms with van der Waals surface area (Å²) in [6.07, 6.45) is 1.01. The lowest BCUT2D eigenvalue weighted by molar-refractivity contribution is -0.147. The highest BCUT2D eigenvalue weighted by molar-refractivity contribution is 5.91. The molecule has 5 rings (SSSR count). The van der Waals surface area contributed by atoms with Crippen LogP contribution in [0.2, 0.25) is 0 Å². The highest BCUT2D eigenvalue weighted by Crippen LogP contribution is 2.75. The summed E-state index contributed by atoms with van der Waals surface area (Å²) in [4.78, 5) is 11.9. The average Bonchev–Trinajstić information content (AvgIpc) is 3.21. The Kier molecular flexibility index (Phi) is 1.67. The number of ether oxygens (including phenoxy) is 3. The van der Waals surface area contributed by atoms with E-state index in [1.54, 1.807) is 0 Å². The molecule has 3 aliphatic heterocycles. The summed E-state index contributed by atoms with van der Waals surface area (Å²) in [5, 5.41) is 10.9. The lowest BCUT2D eigenvalue weighted by atomic mass is 9.74. The van der Waals surface area contributed by atoms with Crippen molar-refractivity contribution in [3.8, 4) is 0 Å². The average molecular weight is 278 g/mol. The number of hydrogen-bond acceptors (Lipinski definition) is 5. The molecule has 20 heavy (non-hydrogen) atoms. The first kappa shape index (κ1) is 11.7. The van der Waals surface area contributed by atoms with E-state index in [0.717, 1.165) is 0 Å². The predicted octanol–water partition coefficient (Wildman–Crippen LogP) is 0.554. The van der Waals surface area contributed by atoms with Gasteiger partial charge in [0, 0.05) is 11.5 Å². The van der Waals surface area contributed by atoms with Gasteiger partial charge in [0.05, 0.1) is 11.5 Å². The number of epoxide rings is 2. The summed E-state index contributed by atoms with van der Waals surface area (Å²) in [5.41, 5.74) is -1.30. The van der Waals surface area contributed by atoms with Crippen molar-refractivity contribution in [3.05, 3.63) is 12.2 Å². The molecule has 8 atom stereocenters. The zero-order chi connectivity index (χ0) is 14.1. The first-order valence-corrected chi connectivity index (χ1v) is 7.31. The van der Waals surface area contributed by atoms with Gasteiger partial charge in [0.15, 0.2) is 0 Å². The van der Waals surface area contributed by atoms with Crippen molar-refractivity contribution < 1.29 is 24.1 Å². The van der Waals surface area contributed by atoms with Gasteiger partial charge in [0.25, 0.3) is 0 Å². The molecule has 5 nitrogen and oxygen atoms in total. The minimum absolute atomic E-state index is 0.0250. The van der Waals surface area contributed by atoms with Crippen LogP contribution in [0.25, 0.3) is 0 Å². The third-order valence-corrected chi connectivity index (χ3v) is 6.39. The normalized spacial score (nSPS) is 65.7. The topological polar surface area (TPSA) is 71.6 Å². The molecule has 2 aliphatic carbocycles. The number of carbonyl (C=O) groups is 1. The smallest absolute Gasteiger partial charge is 0.334 e. The van der Waals surface area contributed by atoms with Crippen LogP contribution in [0, 0.1) is 11.8 Å². The van der Waals surface area contributed by atoms with Crippen LogP contribution in [0.1, 0.15) is 26.7 Å². The fourth-order valence-electron chi connectivity index (χ4n) is 5.23. The van der Waals surface area contributed by atoms with Crippen LogP contribution in [-0.2, 0) is 19.0 Å². The van der Waals surface area contributed by atoms with Gasteiger partial charge in [-0.2, -0.15) is 0 Å². The zero-order valence-corrected chi connectivity index (χ0v) is 11.6. The van der Waals surface area contributed by atoms with Crippen LogP contribution in [0.4, 0.5) is 0 Å². The van der Waals surface area contributed by atoms with Crippen LogP contribution in [0.3, 0.4) is 0 Å². The van der Waals surface area contributed by atoms with E-state index in [9.17, 15) is 9.90 Å². The van der Waals surface area contributed by atoms with Gasteiger partial charge < -0.3 is 19.3 Å². The summed E-state index contributed by atoms with van der Waals surface area (Å²) < 4.78 is 17.4. The molecule has 3 heterocycles. The fourth-order valence-corrected chi connectivity index (χ4v) is 5.23. The Labute approximate surface area is 116 Å². The molecule has 5 heteroatoms. The molecule has 0 amide bonds. The second kappa shape index (κ2) is 2.85. The molecule has 5 aliphatic rings. The molecular weight excluding hydrogens is 260 g/mol. The van der Waals surface area contributed by atoms with Crippen LogP contribution in [0.15, 0.2) is 12.2 Å². The minimum atomic E-state index is -0.904. The van der Waals surface area contributed by atoms with Crippen molar-refractivity contribution in [3.63, 3.8) is 0 Å². The Balaban J connectivity index is 1.67. The molecule has 2 saturated carbocycles. The second-order valence-corrected chi connectivity index (χ2v) is 7.35. The van der Waals surface area contributed by atoms with Crippen molar-refractivity contribution in [2.24, 2.45) is 11.8 Å². The third kappa shape index (κ3) is 0.954. The second-order valence-electron chi connectivity index (χ2n) is 7.35. The van der Waals surface area contributed by atoms with E-state index in [1.807, 2.05) is 13.8 Å². The van der Waals surface area contributed by atoms with E-state index >= 15 is 0 Å². The molecule has 0 unspecified atom stereocenters. The lowest BCUT2D eigenvalue weighted by Crippen LogP contribution is -2.53. The number of rotatable bonds is 0. The molecule has 0 bridgehead atoms.